The van der Waals surface area contributed by atoms with Gasteiger partial charge in [0.15, 0.2) is 0 Å². The molecule has 0 N–H and O–H groups in total. The first-order chi connectivity index (χ1) is 25.5. The molecule has 0 aromatic heterocycles. The van der Waals surface area contributed by atoms with Crippen molar-refractivity contribution in [1.82, 2.24) is 0 Å². The standard InChI is InChI=1S/C42H48O10/c1-45-23-25-47-27-28-50-38-17-11-33(12-18-38)35-15-21-40(22-16-35)52-42(44)37-9-7-36(8-10-37)41(43)51-39-19-13-34(14-20-39)32-5-3-31(4-6-32)29-49-30-48-26-24-46-2/h3-6,11-22,36-37H,7-10,23-30H2,1-2H3. The Labute approximate surface area is 305 Å². The highest BCUT2D eigenvalue weighted by Crippen LogP contribution is 2.32. The average Bonchev–Trinajstić information content (AvgIpc) is 3.19. The summed E-state index contributed by atoms with van der Waals surface area (Å²) >= 11 is 0. The molecule has 10 heteroatoms. The third-order valence-electron chi connectivity index (χ3n) is 8.81. The molecule has 0 unspecified atom stereocenters. The van der Waals surface area contributed by atoms with Crippen LogP contribution in [0.4, 0.5) is 0 Å². The second kappa shape index (κ2) is 21.1. The van der Waals surface area contributed by atoms with Gasteiger partial charge in [0.25, 0.3) is 0 Å². The van der Waals surface area contributed by atoms with Crippen molar-refractivity contribution in [2.75, 3.05) is 60.7 Å². The van der Waals surface area contributed by atoms with E-state index in [4.69, 9.17) is 37.9 Å². The molecule has 0 amide bonds. The fraction of sp³-hybridized carbons (Fsp3) is 0.381. The van der Waals surface area contributed by atoms with E-state index in [9.17, 15) is 9.59 Å². The Balaban J connectivity index is 1.00. The lowest BCUT2D eigenvalue weighted by Crippen LogP contribution is -2.30. The van der Waals surface area contributed by atoms with Gasteiger partial charge in [-0.25, -0.2) is 0 Å². The SMILES string of the molecule is COCCOCCOc1ccc(-c2ccc(OC(=O)C3CCC(C(=O)Oc4ccc(-c5ccc(COCOCCOC)cc5)cc4)CC3)cc2)cc1. The molecule has 10 nitrogen and oxygen atoms in total. The van der Waals surface area contributed by atoms with Gasteiger partial charge in [-0.1, -0.05) is 60.7 Å². The van der Waals surface area contributed by atoms with E-state index in [2.05, 4.69) is 0 Å². The van der Waals surface area contributed by atoms with Gasteiger partial charge in [-0.15, -0.1) is 0 Å². The summed E-state index contributed by atoms with van der Waals surface area (Å²) in [6, 6.07) is 30.9. The molecule has 52 heavy (non-hydrogen) atoms. The van der Waals surface area contributed by atoms with Crippen molar-refractivity contribution in [3.63, 3.8) is 0 Å². The van der Waals surface area contributed by atoms with Gasteiger partial charge < -0.3 is 37.9 Å². The van der Waals surface area contributed by atoms with Crippen LogP contribution in [0.2, 0.25) is 0 Å². The smallest absolute Gasteiger partial charge is 0.314 e. The van der Waals surface area contributed by atoms with Crippen LogP contribution in [0.15, 0.2) is 97.1 Å². The fourth-order valence-corrected chi connectivity index (χ4v) is 5.81. The summed E-state index contributed by atoms with van der Waals surface area (Å²) in [5, 5.41) is 0. The van der Waals surface area contributed by atoms with Crippen LogP contribution in [0.1, 0.15) is 31.2 Å². The topological polar surface area (TPSA) is 108 Å². The van der Waals surface area contributed by atoms with Gasteiger partial charge in [-0.3, -0.25) is 9.59 Å². The van der Waals surface area contributed by atoms with Crippen LogP contribution >= 0.6 is 0 Å². The monoisotopic (exact) mass is 712 g/mol. The van der Waals surface area contributed by atoms with Crippen molar-refractivity contribution >= 4 is 11.9 Å². The van der Waals surface area contributed by atoms with Crippen molar-refractivity contribution in [3.05, 3.63) is 103 Å². The number of ether oxygens (including phenoxy) is 8. The lowest BCUT2D eigenvalue weighted by molar-refractivity contribution is -0.145. The van der Waals surface area contributed by atoms with Gasteiger partial charge in [0.1, 0.15) is 30.6 Å². The van der Waals surface area contributed by atoms with E-state index in [1.807, 2.05) is 84.9 Å². The van der Waals surface area contributed by atoms with E-state index >= 15 is 0 Å². The molecule has 4 aromatic rings. The zero-order valence-electron chi connectivity index (χ0n) is 30.0. The van der Waals surface area contributed by atoms with Gasteiger partial charge in [0.2, 0.25) is 0 Å². The van der Waals surface area contributed by atoms with Crippen LogP contribution in [0.3, 0.4) is 0 Å². The van der Waals surface area contributed by atoms with Crippen LogP contribution < -0.4 is 14.2 Å². The summed E-state index contributed by atoms with van der Waals surface area (Å²) in [6.07, 6.45) is 2.30. The molecule has 0 radical (unpaired) electrons. The Hall–Kier alpha value is -4.58. The maximum absolute atomic E-state index is 13.0. The summed E-state index contributed by atoms with van der Waals surface area (Å²) in [5.74, 6) is 0.719. The molecule has 0 aliphatic heterocycles. The van der Waals surface area contributed by atoms with E-state index in [-0.39, 0.29) is 30.6 Å². The average molecular weight is 713 g/mol. The van der Waals surface area contributed by atoms with E-state index in [1.165, 1.54) is 0 Å². The molecule has 1 fully saturated rings. The minimum absolute atomic E-state index is 0.220. The number of methoxy groups -OCH3 is 2. The van der Waals surface area contributed by atoms with Crippen molar-refractivity contribution in [3.8, 4) is 39.5 Å². The zero-order chi connectivity index (χ0) is 36.4. The van der Waals surface area contributed by atoms with Gasteiger partial charge in [0.05, 0.1) is 51.5 Å². The van der Waals surface area contributed by atoms with Crippen molar-refractivity contribution in [2.24, 2.45) is 11.8 Å². The lowest BCUT2D eigenvalue weighted by Gasteiger charge is -2.25. The molecule has 0 spiro atoms. The molecule has 0 heterocycles. The largest absolute Gasteiger partial charge is 0.491 e. The third kappa shape index (κ3) is 12.3. The fourth-order valence-electron chi connectivity index (χ4n) is 5.81. The zero-order valence-corrected chi connectivity index (χ0v) is 30.0. The number of carbonyl (C=O) groups excluding carboxylic acids is 2. The van der Waals surface area contributed by atoms with Gasteiger partial charge in [0, 0.05) is 14.2 Å². The number of benzene rings is 4. The van der Waals surface area contributed by atoms with E-state index in [0.717, 1.165) is 33.6 Å². The molecule has 4 aromatic carbocycles. The minimum atomic E-state index is -0.268. The molecule has 0 atom stereocenters. The number of carbonyl (C=O) groups is 2. The maximum atomic E-state index is 13.0. The predicted molar refractivity (Wildman–Crippen MR) is 196 cm³/mol. The molecule has 1 aliphatic rings. The number of hydrogen-bond acceptors (Lipinski definition) is 10. The minimum Gasteiger partial charge on any atom is -0.491 e. The van der Waals surface area contributed by atoms with Crippen molar-refractivity contribution in [2.45, 2.75) is 32.3 Å². The molecule has 1 aliphatic carbocycles. The van der Waals surface area contributed by atoms with Crippen LogP contribution in [0, 0.1) is 11.8 Å². The number of esters is 2. The quantitative estimate of drug-likeness (QED) is 0.0395. The molecule has 1 saturated carbocycles. The Kier molecular flexibility index (Phi) is 15.7. The van der Waals surface area contributed by atoms with E-state index in [1.54, 1.807) is 26.4 Å². The summed E-state index contributed by atoms with van der Waals surface area (Å²) in [6.45, 7) is 3.79. The predicted octanol–water partition coefficient (Wildman–Crippen LogP) is 7.52. The molecule has 0 bridgehead atoms. The van der Waals surface area contributed by atoms with Crippen LogP contribution in [-0.4, -0.2) is 72.6 Å². The first kappa shape index (κ1) is 38.6. The highest BCUT2D eigenvalue weighted by Gasteiger charge is 2.32. The van der Waals surface area contributed by atoms with Crippen LogP contribution in [0.25, 0.3) is 22.3 Å². The third-order valence-corrected chi connectivity index (χ3v) is 8.81. The second-order valence-corrected chi connectivity index (χ2v) is 12.5. The summed E-state index contributed by atoms with van der Waals surface area (Å²) in [5.41, 5.74) is 5.13. The maximum Gasteiger partial charge on any atom is 0.314 e. The highest BCUT2D eigenvalue weighted by atomic mass is 16.7. The summed E-state index contributed by atoms with van der Waals surface area (Å²) < 4.78 is 43.3. The first-order valence-corrected chi connectivity index (χ1v) is 17.7. The van der Waals surface area contributed by atoms with E-state index in [0.29, 0.717) is 83.4 Å². The molecule has 0 saturated heterocycles. The van der Waals surface area contributed by atoms with E-state index < -0.39 is 0 Å². The first-order valence-electron chi connectivity index (χ1n) is 17.7. The molecule has 276 valence electrons. The van der Waals surface area contributed by atoms with Gasteiger partial charge >= 0.3 is 11.9 Å². The highest BCUT2D eigenvalue weighted by molar-refractivity contribution is 5.78. The normalized spacial score (nSPS) is 15.6. The Bertz CT molecular complexity index is 1500. The van der Waals surface area contributed by atoms with Crippen molar-refractivity contribution in [1.29, 1.82) is 0 Å². The molecular weight excluding hydrogens is 664 g/mol. The van der Waals surface area contributed by atoms with Crippen LogP contribution in [0.5, 0.6) is 17.2 Å². The lowest BCUT2D eigenvalue weighted by atomic mass is 9.82. The van der Waals surface area contributed by atoms with Gasteiger partial charge in [-0.2, -0.15) is 0 Å². The molecular formula is C42H48O10. The Morgan fingerprint density at radius 1 is 0.481 bits per heavy atom. The number of rotatable bonds is 20. The number of hydrogen-bond donors (Lipinski definition) is 0. The summed E-state index contributed by atoms with van der Waals surface area (Å²) in [4.78, 5) is 25.9. The molecule has 5 rings (SSSR count). The Morgan fingerprint density at radius 2 is 0.885 bits per heavy atom. The summed E-state index contributed by atoms with van der Waals surface area (Å²) in [7, 11) is 3.27. The second-order valence-electron chi connectivity index (χ2n) is 12.5. The van der Waals surface area contributed by atoms with Gasteiger partial charge in [-0.05, 0) is 89.9 Å². The van der Waals surface area contributed by atoms with Crippen LogP contribution in [-0.2, 0) is 39.9 Å². The Morgan fingerprint density at radius 3 is 1.35 bits per heavy atom. The van der Waals surface area contributed by atoms with Crippen molar-refractivity contribution < 1.29 is 47.5 Å².